The zero-order valence-corrected chi connectivity index (χ0v) is 10.6. The molecule has 0 radical (unpaired) electrons. The number of fused-ring (bicyclic) bond motifs is 1. The van der Waals surface area contributed by atoms with Crippen LogP contribution in [0.4, 0.5) is 20.2 Å². The highest BCUT2D eigenvalue weighted by molar-refractivity contribution is 6.07. The number of carbonyl (C=O) groups is 1. The smallest absolute Gasteiger partial charge is 0.261 e. The highest BCUT2D eigenvalue weighted by Gasteiger charge is 2.27. The van der Waals surface area contributed by atoms with Gasteiger partial charge in [0.15, 0.2) is 0 Å². The van der Waals surface area contributed by atoms with Gasteiger partial charge in [0.05, 0.1) is 5.56 Å². The molecule has 102 valence electrons. The van der Waals surface area contributed by atoms with Crippen LogP contribution < -0.4 is 10.6 Å². The molecule has 0 aliphatic carbocycles. The first-order valence-electron chi connectivity index (χ1n) is 6.21. The highest BCUT2D eigenvalue weighted by atomic mass is 19.1. The van der Waals surface area contributed by atoms with E-state index in [4.69, 9.17) is 5.73 Å². The molecule has 5 heteroatoms. The van der Waals surface area contributed by atoms with Gasteiger partial charge in [-0.25, -0.2) is 8.78 Å². The fourth-order valence-electron chi connectivity index (χ4n) is 2.42. The third-order valence-electron chi connectivity index (χ3n) is 3.41. The molecule has 20 heavy (non-hydrogen) atoms. The zero-order chi connectivity index (χ0) is 14.3. The van der Waals surface area contributed by atoms with E-state index in [1.54, 1.807) is 12.1 Å². The van der Waals surface area contributed by atoms with Crippen LogP contribution in [0.2, 0.25) is 0 Å². The average molecular weight is 274 g/mol. The lowest BCUT2D eigenvalue weighted by atomic mass is 10.1. The summed E-state index contributed by atoms with van der Waals surface area (Å²) < 4.78 is 26.6. The van der Waals surface area contributed by atoms with E-state index in [-0.39, 0.29) is 5.56 Å². The number of carbonyl (C=O) groups excluding carboxylic acids is 1. The third-order valence-corrected chi connectivity index (χ3v) is 3.41. The van der Waals surface area contributed by atoms with E-state index < -0.39 is 17.5 Å². The molecule has 3 nitrogen and oxygen atoms in total. The second kappa shape index (κ2) is 4.59. The minimum Gasteiger partial charge on any atom is -0.399 e. The molecule has 2 N–H and O–H groups in total. The molecule has 0 aromatic heterocycles. The summed E-state index contributed by atoms with van der Waals surface area (Å²) in [4.78, 5) is 13.8. The van der Waals surface area contributed by atoms with Crippen molar-refractivity contribution in [3.8, 4) is 0 Å². The van der Waals surface area contributed by atoms with Gasteiger partial charge in [-0.2, -0.15) is 0 Å². The first-order valence-corrected chi connectivity index (χ1v) is 6.21. The summed E-state index contributed by atoms with van der Waals surface area (Å²) in [7, 11) is 0. The number of hydrogen-bond donors (Lipinski definition) is 1. The Hall–Kier alpha value is -2.43. The van der Waals surface area contributed by atoms with Crippen LogP contribution in [0.25, 0.3) is 0 Å². The topological polar surface area (TPSA) is 46.3 Å². The van der Waals surface area contributed by atoms with Gasteiger partial charge in [0.2, 0.25) is 0 Å². The Bertz CT molecular complexity index is 700. The number of amides is 1. The predicted octanol–water partition coefficient (Wildman–Crippen LogP) is 2.75. The minimum atomic E-state index is -0.854. The molecule has 1 amide bonds. The SMILES string of the molecule is Nc1ccc2c(c1)N(C(=O)c1ccc(F)cc1F)CC2. The number of nitrogens with two attached hydrogens (primary N) is 1. The molecular weight excluding hydrogens is 262 g/mol. The van der Waals surface area contributed by atoms with Crippen molar-refractivity contribution >= 4 is 17.3 Å². The van der Waals surface area contributed by atoms with Gasteiger partial charge in [-0.1, -0.05) is 6.07 Å². The summed E-state index contributed by atoms with van der Waals surface area (Å²) >= 11 is 0. The van der Waals surface area contributed by atoms with Crippen LogP contribution in [0.1, 0.15) is 15.9 Å². The van der Waals surface area contributed by atoms with Crippen LogP contribution in [0, 0.1) is 11.6 Å². The highest BCUT2D eigenvalue weighted by Crippen LogP contribution is 2.31. The lowest BCUT2D eigenvalue weighted by molar-refractivity contribution is 0.0985. The molecule has 2 aromatic rings. The Balaban J connectivity index is 1.99. The van der Waals surface area contributed by atoms with Crippen LogP contribution >= 0.6 is 0 Å². The Morgan fingerprint density at radius 3 is 2.70 bits per heavy atom. The number of halogens is 2. The molecule has 0 fully saturated rings. The maximum Gasteiger partial charge on any atom is 0.261 e. The van der Waals surface area contributed by atoms with E-state index in [0.29, 0.717) is 30.4 Å². The Labute approximate surface area is 114 Å². The summed E-state index contributed by atoms with van der Waals surface area (Å²) in [6.45, 7) is 0.467. The van der Waals surface area contributed by atoms with Gasteiger partial charge in [-0.3, -0.25) is 4.79 Å². The fraction of sp³-hybridized carbons (Fsp3) is 0.133. The van der Waals surface area contributed by atoms with Crippen LogP contribution in [0.5, 0.6) is 0 Å². The lowest BCUT2D eigenvalue weighted by Crippen LogP contribution is -2.29. The van der Waals surface area contributed by atoms with E-state index in [1.807, 2.05) is 6.07 Å². The molecule has 0 spiro atoms. The maximum absolute atomic E-state index is 13.7. The van der Waals surface area contributed by atoms with Crippen LogP contribution in [0.15, 0.2) is 36.4 Å². The lowest BCUT2D eigenvalue weighted by Gasteiger charge is -2.18. The second-order valence-electron chi connectivity index (χ2n) is 4.72. The number of hydrogen-bond acceptors (Lipinski definition) is 2. The van der Waals surface area contributed by atoms with Crippen molar-refractivity contribution in [1.82, 2.24) is 0 Å². The van der Waals surface area contributed by atoms with E-state index in [2.05, 4.69) is 0 Å². The first-order chi connectivity index (χ1) is 9.56. The standard InChI is InChI=1S/C15H12F2N2O/c16-10-2-4-12(13(17)7-10)15(20)19-6-5-9-1-3-11(18)8-14(9)19/h1-4,7-8H,5-6,18H2. The van der Waals surface area contributed by atoms with E-state index in [9.17, 15) is 13.6 Å². The van der Waals surface area contributed by atoms with Crippen LogP contribution in [0.3, 0.4) is 0 Å². The van der Waals surface area contributed by atoms with Crippen molar-refractivity contribution < 1.29 is 13.6 Å². The van der Waals surface area contributed by atoms with Gasteiger partial charge >= 0.3 is 0 Å². The summed E-state index contributed by atoms with van der Waals surface area (Å²) in [5.74, 6) is -2.04. The normalized spacial score (nSPS) is 13.4. The van der Waals surface area contributed by atoms with Gasteiger partial charge < -0.3 is 10.6 Å². The fourth-order valence-corrected chi connectivity index (χ4v) is 2.42. The predicted molar refractivity (Wildman–Crippen MR) is 72.6 cm³/mol. The van der Waals surface area contributed by atoms with Crippen molar-refractivity contribution in [2.75, 3.05) is 17.2 Å². The molecule has 1 heterocycles. The molecular formula is C15H12F2N2O. The molecule has 3 rings (SSSR count). The molecule has 1 aliphatic rings. The van der Waals surface area contributed by atoms with E-state index in [1.165, 1.54) is 4.90 Å². The molecule has 0 saturated carbocycles. The Kier molecular flexibility index (Phi) is 2.89. The van der Waals surface area contributed by atoms with Crippen LogP contribution in [-0.2, 0) is 6.42 Å². The number of rotatable bonds is 1. The van der Waals surface area contributed by atoms with Crippen molar-refractivity contribution in [1.29, 1.82) is 0 Å². The number of anilines is 2. The van der Waals surface area contributed by atoms with E-state index >= 15 is 0 Å². The monoisotopic (exact) mass is 274 g/mol. The summed E-state index contributed by atoms with van der Waals surface area (Å²) in [5, 5.41) is 0. The number of nitrogens with zero attached hydrogens (tertiary/aromatic N) is 1. The van der Waals surface area contributed by atoms with Gasteiger partial charge in [-0.15, -0.1) is 0 Å². The van der Waals surface area contributed by atoms with Crippen molar-refractivity contribution in [2.24, 2.45) is 0 Å². The molecule has 0 atom stereocenters. The van der Waals surface area contributed by atoms with Gasteiger partial charge in [0.25, 0.3) is 5.91 Å². The van der Waals surface area contributed by atoms with Crippen molar-refractivity contribution in [2.45, 2.75) is 6.42 Å². The minimum absolute atomic E-state index is 0.137. The van der Waals surface area contributed by atoms with Gasteiger partial charge in [0.1, 0.15) is 11.6 Å². The molecule has 2 aromatic carbocycles. The number of benzene rings is 2. The molecule has 0 bridgehead atoms. The Morgan fingerprint density at radius 2 is 1.95 bits per heavy atom. The second-order valence-corrected chi connectivity index (χ2v) is 4.72. The van der Waals surface area contributed by atoms with Gasteiger partial charge in [0, 0.05) is 24.0 Å². The van der Waals surface area contributed by atoms with Crippen molar-refractivity contribution in [3.63, 3.8) is 0 Å². The summed E-state index contributed by atoms with van der Waals surface area (Å²) in [5.41, 5.74) is 7.82. The average Bonchev–Trinajstić information content (AvgIpc) is 2.81. The van der Waals surface area contributed by atoms with Crippen LogP contribution in [-0.4, -0.2) is 12.5 Å². The number of nitrogen functional groups attached to an aromatic ring is 1. The zero-order valence-electron chi connectivity index (χ0n) is 10.6. The molecule has 1 aliphatic heterocycles. The summed E-state index contributed by atoms with van der Waals surface area (Å²) in [6, 6.07) is 8.28. The van der Waals surface area contributed by atoms with Gasteiger partial charge in [-0.05, 0) is 36.2 Å². The largest absolute Gasteiger partial charge is 0.399 e. The Morgan fingerprint density at radius 1 is 1.15 bits per heavy atom. The molecule has 0 saturated heterocycles. The van der Waals surface area contributed by atoms with Crippen molar-refractivity contribution in [3.05, 3.63) is 59.2 Å². The molecule has 0 unspecified atom stereocenters. The summed E-state index contributed by atoms with van der Waals surface area (Å²) in [6.07, 6.45) is 0.699. The quantitative estimate of drug-likeness (QED) is 0.813. The van der Waals surface area contributed by atoms with E-state index in [0.717, 1.165) is 17.7 Å². The third kappa shape index (κ3) is 2.01. The maximum atomic E-state index is 13.7. The first kappa shape index (κ1) is 12.6.